The van der Waals surface area contributed by atoms with Crippen molar-refractivity contribution < 1.29 is 4.79 Å². The van der Waals surface area contributed by atoms with Crippen molar-refractivity contribution in [2.24, 2.45) is 5.92 Å². The summed E-state index contributed by atoms with van der Waals surface area (Å²) in [7, 11) is 7.56. The molecule has 46 heavy (non-hydrogen) atoms. The van der Waals surface area contributed by atoms with Gasteiger partial charge in [-0.25, -0.2) is 5.10 Å². The fourth-order valence-corrected chi connectivity index (χ4v) is 7.73. The predicted molar refractivity (Wildman–Crippen MR) is 179 cm³/mol. The second kappa shape index (κ2) is 11.7. The molecule has 3 aliphatic rings. The summed E-state index contributed by atoms with van der Waals surface area (Å²) in [6.45, 7) is 13.7. The molecule has 2 heterocycles. The number of nitrogens with one attached hydrogen (secondary N) is 2. The van der Waals surface area contributed by atoms with Gasteiger partial charge in [0, 0.05) is 63.3 Å². The van der Waals surface area contributed by atoms with Gasteiger partial charge in [-0.15, -0.1) is 5.10 Å². The van der Waals surface area contributed by atoms with Gasteiger partial charge >= 0.3 is 0 Å². The van der Waals surface area contributed by atoms with Gasteiger partial charge in [0.1, 0.15) is 6.04 Å². The standard InChI is InChI=1S/C36H45N9O/c1-22(45-29(19-37)17-28-18-32(28)45)20-38-35(3,4)21-36(34-39-41-42-40-34)30-13-11-24(23(2)43(5)6)15-25(30)9-10-26-16-27(12-14-31(26)36)33(46)44(7)8/h11-16,28-29,32,38H,1-2,9-10,17-18,20-21H2,3-8H3,(H,39,40,41,42)/t28-,29?,32?,36?/m1/s1. The maximum atomic E-state index is 13.1. The molecule has 10 nitrogen and oxygen atoms in total. The number of H-pyrrole nitrogens is 1. The molecule has 240 valence electrons. The van der Waals surface area contributed by atoms with Crippen molar-refractivity contribution in [1.82, 2.24) is 40.6 Å². The number of carbonyl (C=O) groups excluding carboxylic acids is 1. The molecule has 2 aliphatic carbocycles. The van der Waals surface area contributed by atoms with E-state index in [1.54, 1.807) is 19.0 Å². The summed E-state index contributed by atoms with van der Waals surface area (Å²) in [5, 5.41) is 29.5. The first-order valence-corrected chi connectivity index (χ1v) is 16.1. The van der Waals surface area contributed by atoms with E-state index < -0.39 is 11.0 Å². The molecule has 0 bridgehead atoms. The minimum absolute atomic E-state index is 0.0305. The number of hydrogen-bond acceptors (Lipinski definition) is 8. The minimum atomic E-state index is -0.759. The molecule has 3 aromatic rings. The Balaban J connectivity index is 1.45. The van der Waals surface area contributed by atoms with Crippen molar-refractivity contribution in [1.29, 1.82) is 5.26 Å². The van der Waals surface area contributed by atoms with Gasteiger partial charge in [-0.05, 0) is 108 Å². The Hall–Kier alpha value is -4.49. The number of hydrogen-bond donors (Lipinski definition) is 2. The second-order valence-corrected chi connectivity index (χ2v) is 14.3. The highest BCUT2D eigenvalue weighted by Gasteiger charge is 2.53. The third-order valence-corrected chi connectivity index (χ3v) is 10.2. The maximum absolute atomic E-state index is 13.1. The molecule has 0 spiro atoms. The normalized spacial score (nSPS) is 23.0. The molecule has 4 atom stereocenters. The SMILES string of the molecule is C=C(c1ccc2c(c1)CCc1cc(C(=O)N(C)C)ccc1C2(CC(C)(C)NCC(=C)N1C(C#N)C[C@@H]2CC21)c1nnn[nH]1)N(C)C. The number of piperidine rings is 1. The first-order chi connectivity index (χ1) is 21.9. The van der Waals surface area contributed by atoms with E-state index in [9.17, 15) is 10.1 Å². The molecule has 2 aromatic carbocycles. The van der Waals surface area contributed by atoms with E-state index in [0.717, 1.165) is 59.3 Å². The van der Waals surface area contributed by atoms with Gasteiger partial charge in [-0.3, -0.25) is 4.79 Å². The number of aromatic amines is 1. The van der Waals surface area contributed by atoms with Gasteiger partial charge in [0.2, 0.25) is 0 Å². The molecule has 1 aromatic heterocycles. The highest BCUT2D eigenvalue weighted by Crippen LogP contribution is 2.50. The lowest BCUT2D eigenvalue weighted by molar-refractivity contribution is 0.0827. The summed E-state index contributed by atoms with van der Waals surface area (Å²) >= 11 is 0. The summed E-state index contributed by atoms with van der Waals surface area (Å²) in [6.07, 6.45) is 4.25. The van der Waals surface area contributed by atoms with Crippen LogP contribution in [0.25, 0.3) is 5.70 Å². The lowest BCUT2D eigenvalue weighted by Gasteiger charge is -2.41. The van der Waals surface area contributed by atoms with Crippen LogP contribution in [0.2, 0.25) is 0 Å². The fraction of sp³-hybridized carbons (Fsp3) is 0.472. The molecule has 6 rings (SSSR count). The monoisotopic (exact) mass is 619 g/mol. The number of carbonyl (C=O) groups is 1. The Kier molecular flexibility index (Phi) is 8.01. The molecule has 1 amide bonds. The number of aromatic nitrogens is 4. The van der Waals surface area contributed by atoms with Crippen molar-refractivity contribution >= 4 is 11.6 Å². The van der Waals surface area contributed by atoms with Gasteiger partial charge < -0.3 is 20.0 Å². The van der Waals surface area contributed by atoms with Crippen LogP contribution in [0.1, 0.15) is 77.1 Å². The van der Waals surface area contributed by atoms with E-state index in [-0.39, 0.29) is 11.9 Å². The number of tetrazole rings is 1. The lowest BCUT2D eigenvalue weighted by Crippen LogP contribution is -2.49. The van der Waals surface area contributed by atoms with Crippen molar-refractivity contribution in [3.05, 3.63) is 94.5 Å². The number of nitriles is 1. The van der Waals surface area contributed by atoms with Gasteiger partial charge in [0.05, 0.1) is 11.5 Å². The largest absolute Gasteiger partial charge is 0.378 e. The molecule has 2 N–H and O–H groups in total. The van der Waals surface area contributed by atoms with Crippen LogP contribution in [-0.4, -0.2) is 93.6 Å². The van der Waals surface area contributed by atoms with E-state index in [0.29, 0.717) is 36.3 Å². The molecule has 3 unspecified atom stereocenters. The highest BCUT2D eigenvalue weighted by atomic mass is 16.2. The molecule has 0 radical (unpaired) electrons. The van der Waals surface area contributed by atoms with Crippen LogP contribution in [0.5, 0.6) is 0 Å². The van der Waals surface area contributed by atoms with E-state index in [1.807, 2.05) is 31.1 Å². The van der Waals surface area contributed by atoms with E-state index in [2.05, 4.69) is 88.2 Å². The smallest absolute Gasteiger partial charge is 0.253 e. The maximum Gasteiger partial charge on any atom is 0.253 e. The highest BCUT2D eigenvalue weighted by molar-refractivity contribution is 5.94. The van der Waals surface area contributed by atoms with Gasteiger partial charge in [0.15, 0.2) is 5.82 Å². The number of amides is 1. The van der Waals surface area contributed by atoms with Crippen LogP contribution in [0.3, 0.4) is 0 Å². The topological polar surface area (TPSA) is 117 Å². The number of benzene rings is 2. The van der Waals surface area contributed by atoms with Crippen LogP contribution in [0.4, 0.5) is 0 Å². The summed E-state index contributed by atoms with van der Waals surface area (Å²) in [6, 6.07) is 15.5. The Morgan fingerprint density at radius 3 is 2.30 bits per heavy atom. The van der Waals surface area contributed by atoms with Gasteiger partial charge in [-0.1, -0.05) is 31.4 Å². The van der Waals surface area contributed by atoms with Gasteiger partial charge in [-0.2, -0.15) is 5.26 Å². The van der Waals surface area contributed by atoms with Crippen LogP contribution < -0.4 is 5.32 Å². The first kappa shape index (κ1) is 31.5. The number of likely N-dealkylation sites (tertiary alicyclic amines) is 1. The molecule has 1 aliphatic heterocycles. The van der Waals surface area contributed by atoms with Gasteiger partial charge in [0.25, 0.3) is 5.91 Å². The number of nitrogens with zero attached hydrogens (tertiary/aromatic N) is 7. The Bertz CT molecular complexity index is 1640. The summed E-state index contributed by atoms with van der Waals surface area (Å²) in [4.78, 5) is 19.0. The second-order valence-electron chi connectivity index (χ2n) is 14.3. The molecule has 2 fully saturated rings. The van der Waals surface area contributed by atoms with Crippen LogP contribution in [0.15, 0.2) is 55.3 Å². The molecular weight excluding hydrogens is 574 g/mol. The Labute approximate surface area is 272 Å². The summed E-state index contributed by atoms with van der Waals surface area (Å²) in [5.74, 6) is 1.24. The third kappa shape index (κ3) is 5.47. The zero-order valence-electron chi connectivity index (χ0n) is 27.9. The number of rotatable bonds is 10. The van der Waals surface area contributed by atoms with Crippen LogP contribution in [0, 0.1) is 17.2 Å². The van der Waals surface area contributed by atoms with Crippen molar-refractivity contribution in [2.45, 2.75) is 69.0 Å². The average Bonchev–Trinajstić information content (AvgIpc) is 3.42. The predicted octanol–water partition coefficient (Wildman–Crippen LogP) is 4.13. The lowest BCUT2D eigenvalue weighted by atomic mass is 9.65. The molecule has 10 heteroatoms. The summed E-state index contributed by atoms with van der Waals surface area (Å²) in [5.41, 5.74) is 6.94. The van der Waals surface area contributed by atoms with E-state index in [4.69, 9.17) is 0 Å². The van der Waals surface area contributed by atoms with Crippen LogP contribution >= 0.6 is 0 Å². The number of aryl methyl sites for hydroxylation is 2. The zero-order chi connectivity index (χ0) is 33.0. The van der Waals surface area contributed by atoms with Crippen LogP contribution in [-0.2, 0) is 18.3 Å². The van der Waals surface area contributed by atoms with Crippen molar-refractivity contribution in [3.8, 4) is 6.07 Å². The zero-order valence-corrected chi connectivity index (χ0v) is 27.9. The van der Waals surface area contributed by atoms with E-state index >= 15 is 0 Å². The average molecular weight is 620 g/mol. The summed E-state index contributed by atoms with van der Waals surface area (Å²) < 4.78 is 0. The van der Waals surface area contributed by atoms with E-state index in [1.165, 1.54) is 5.56 Å². The molecule has 1 saturated heterocycles. The van der Waals surface area contributed by atoms with Crippen molar-refractivity contribution in [2.75, 3.05) is 34.7 Å². The van der Waals surface area contributed by atoms with Crippen molar-refractivity contribution in [3.63, 3.8) is 0 Å². The minimum Gasteiger partial charge on any atom is -0.378 e. The third-order valence-electron chi connectivity index (χ3n) is 10.2. The Morgan fingerprint density at radius 2 is 1.72 bits per heavy atom. The number of fused-ring (bicyclic) bond motifs is 3. The molecular formula is C36H45N9O. The quantitative estimate of drug-likeness (QED) is 0.348. The fourth-order valence-electron chi connectivity index (χ4n) is 7.73. The molecule has 1 saturated carbocycles. The first-order valence-electron chi connectivity index (χ1n) is 16.1. The Morgan fingerprint density at radius 1 is 1.07 bits per heavy atom.